The predicted octanol–water partition coefficient (Wildman–Crippen LogP) is 3.11. The minimum Gasteiger partial charge on any atom is -0.508 e. The van der Waals surface area contributed by atoms with Crippen molar-refractivity contribution in [3.8, 4) is 5.75 Å². The molecular formula is C15H21NO2. The summed E-state index contributed by atoms with van der Waals surface area (Å²) in [5.74, 6) is 0.239. The first kappa shape index (κ1) is 12.9. The van der Waals surface area contributed by atoms with Gasteiger partial charge < -0.3 is 10.0 Å². The molecule has 1 aromatic rings. The molecular weight excluding hydrogens is 226 g/mol. The van der Waals surface area contributed by atoms with E-state index in [9.17, 15) is 9.90 Å². The zero-order valence-corrected chi connectivity index (χ0v) is 11.1. The topological polar surface area (TPSA) is 40.5 Å². The highest BCUT2D eigenvalue weighted by Crippen LogP contribution is 2.22. The molecule has 1 atom stereocenters. The van der Waals surface area contributed by atoms with Crippen molar-refractivity contribution in [3.63, 3.8) is 0 Å². The smallest absolute Gasteiger partial charge is 0.254 e. The number of aryl methyl sites for hydroxylation is 1. The highest BCUT2D eigenvalue weighted by Gasteiger charge is 2.23. The highest BCUT2D eigenvalue weighted by molar-refractivity contribution is 5.95. The Morgan fingerprint density at radius 3 is 2.83 bits per heavy atom. The molecule has 1 aromatic carbocycles. The fraction of sp³-hybridized carbons (Fsp3) is 0.533. The molecule has 1 N–H and O–H groups in total. The molecule has 18 heavy (non-hydrogen) atoms. The van der Waals surface area contributed by atoms with E-state index in [0.29, 0.717) is 11.6 Å². The lowest BCUT2D eigenvalue weighted by atomic mass is 10.1. The van der Waals surface area contributed by atoms with E-state index in [1.807, 2.05) is 11.8 Å². The van der Waals surface area contributed by atoms with Crippen LogP contribution in [0.25, 0.3) is 0 Å². The quantitative estimate of drug-likeness (QED) is 0.828. The van der Waals surface area contributed by atoms with Crippen LogP contribution in [0.5, 0.6) is 5.75 Å². The van der Waals surface area contributed by atoms with E-state index in [-0.39, 0.29) is 11.7 Å². The first-order valence-corrected chi connectivity index (χ1v) is 6.70. The van der Waals surface area contributed by atoms with Crippen molar-refractivity contribution in [2.75, 3.05) is 6.54 Å². The number of aromatic hydroxyl groups is 1. The number of phenols is 1. The number of benzene rings is 1. The largest absolute Gasteiger partial charge is 0.508 e. The molecule has 0 bridgehead atoms. The molecule has 0 spiro atoms. The van der Waals surface area contributed by atoms with Gasteiger partial charge in [0.25, 0.3) is 5.91 Å². The summed E-state index contributed by atoms with van der Waals surface area (Å²) in [7, 11) is 0. The van der Waals surface area contributed by atoms with E-state index in [2.05, 4.69) is 6.92 Å². The number of phenolic OH excluding ortho intramolecular Hbond substituents is 1. The molecule has 1 aliphatic rings. The van der Waals surface area contributed by atoms with Gasteiger partial charge in [-0.2, -0.15) is 0 Å². The standard InChI is InChI=1S/C15H21NO2/c1-11-7-8-13(10-14(11)17)15(18)16-9-5-3-4-6-12(16)2/h7-8,10,12,17H,3-6,9H2,1-2H3. The number of carbonyl (C=O) groups excluding carboxylic acids is 1. The Kier molecular flexibility index (Phi) is 3.90. The van der Waals surface area contributed by atoms with Gasteiger partial charge in [-0.1, -0.05) is 18.9 Å². The summed E-state index contributed by atoms with van der Waals surface area (Å²) in [4.78, 5) is 14.4. The number of hydrogen-bond acceptors (Lipinski definition) is 2. The van der Waals surface area contributed by atoms with Crippen molar-refractivity contribution < 1.29 is 9.90 Å². The average Bonchev–Trinajstić information content (AvgIpc) is 2.56. The number of carbonyl (C=O) groups is 1. The molecule has 3 nitrogen and oxygen atoms in total. The molecule has 2 rings (SSSR count). The minimum atomic E-state index is 0.0414. The Morgan fingerprint density at radius 1 is 1.33 bits per heavy atom. The van der Waals surface area contributed by atoms with Gasteiger partial charge in [-0.3, -0.25) is 4.79 Å². The van der Waals surface area contributed by atoms with Crippen LogP contribution < -0.4 is 0 Å². The lowest BCUT2D eigenvalue weighted by molar-refractivity contribution is 0.0697. The maximum atomic E-state index is 12.4. The molecule has 1 unspecified atom stereocenters. The van der Waals surface area contributed by atoms with Gasteiger partial charge in [-0.15, -0.1) is 0 Å². The summed E-state index contributed by atoms with van der Waals surface area (Å²) in [5.41, 5.74) is 1.39. The summed E-state index contributed by atoms with van der Waals surface area (Å²) in [6.45, 7) is 4.77. The van der Waals surface area contributed by atoms with Crippen LogP contribution in [0.4, 0.5) is 0 Å². The Labute approximate surface area is 108 Å². The zero-order valence-electron chi connectivity index (χ0n) is 11.1. The summed E-state index contributed by atoms with van der Waals surface area (Å²) in [6, 6.07) is 5.47. The van der Waals surface area contributed by atoms with Crippen molar-refractivity contribution in [2.45, 2.75) is 45.6 Å². The van der Waals surface area contributed by atoms with E-state index in [1.165, 1.54) is 12.8 Å². The highest BCUT2D eigenvalue weighted by atomic mass is 16.3. The molecule has 0 saturated carbocycles. The third-order valence-electron chi connectivity index (χ3n) is 3.77. The second kappa shape index (κ2) is 5.42. The van der Waals surface area contributed by atoms with Gasteiger partial charge >= 0.3 is 0 Å². The number of hydrogen-bond donors (Lipinski definition) is 1. The molecule has 1 fully saturated rings. The van der Waals surface area contributed by atoms with E-state index in [1.54, 1.807) is 18.2 Å². The van der Waals surface area contributed by atoms with E-state index < -0.39 is 0 Å². The molecule has 0 aromatic heterocycles. The van der Waals surface area contributed by atoms with Crippen LogP contribution in [0.3, 0.4) is 0 Å². The third-order valence-corrected chi connectivity index (χ3v) is 3.77. The number of likely N-dealkylation sites (tertiary alicyclic amines) is 1. The second-order valence-corrected chi connectivity index (χ2v) is 5.20. The van der Waals surface area contributed by atoms with Crippen molar-refractivity contribution in [1.82, 2.24) is 4.90 Å². The Morgan fingerprint density at radius 2 is 2.11 bits per heavy atom. The van der Waals surface area contributed by atoms with Crippen LogP contribution in [0.1, 0.15) is 48.5 Å². The van der Waals surface area contributed by atoms with Gasteiger partial charge in [-0.05, 0) is 44.4 Å². The third kappa shape index (κ3) is 2.66. The zero-order chi connectivity index (χ0) is 13.1. The summed E-state index contributed by atoms with van der Waals surface area (Å²) in [6.07, 6.45) is 4.55. The number of nitrogens with zero attached hydrogens (tertiary/aromatic N) is 1. The van der Waals surface area contributed by atoms with Crippen LogP contribution in [0.2, 0.25) is 0 Å². The summed E-state index contributed by atoms with van der Waals surface area (Å²) < 4.78 is 0. The minimum absolute atomic E-state index is 0.0414. The normalized spacial score (nSPS) is 20.6. The maximum absolute atomic E-state index is 12.4. The molecule has 1 amide bonds. The Balaban J connectivity index is 2.21. The SMILES string of the molecule is Cc1ccc(C(=O)N2CCCCCC2C)cc1O. The van der Waals surface area contributed by atoms with Gasteiger partial charge in [0, 0.05) is 18.2 Å². The van der Waals surface area contributed by atoms with Crippen molar-refractivity contribution in [2.24, 2.45) is 0 Å². The maximum Gasteiger partial charge on any atom is 0.254 e. The van der Waals surface area contributed by atoms with Gasteiger partial charge in [0.1, 0.15) is 5.75 Å². The average molecular weight is 247 g/mol. The number of amides is 1. The summed E-state index contributed by atoms with van der Waals surface area (Å²) >= 11 is 0. The molecule has 1 aliphatic heterocycles. The first-order chi connectivity index (χ1) is 8.59. The van der Waals surface area contributed by atoms with E-state index in [0.717, 1.165) is 24.9 Å². The van der Waals surface area contributed by atoms with Crippen LogP contribution in [-0.2, 0) is 0 Å². The Hall–Kier alpha value is -1.51. The van der Waals surface area contributed by atoms with Crippen LogP contribution in [-0.4, -0.2) is 28.5 Å². The lowest BCUT2D eigenvalue weighted by Crippen LogP contribution is -2.38. The Bertz CT molecular complexity index is 442. The fourth-order valence-electron chi connectivity index (χ4n) is 2.48. The van der Waals surface area contributed by atoms with Crippen molar-refractivity contribution in [3.05, 3.63) is 29.3 Å². The lowest BCUT2D eigenvalue weighted by Gasteiger charge is -2.27. The van der Waals surface area contributed by atoms with E-state index >= 15 is 0 Å². The second-order valence-electron chi connectivity index (χ2n) is 5.20. The summed E-state index contributed by atoms with van der Waals surface area (Å²) in [5, 5.41) is 9.70. The molecule has 0 aliphatic carbocycles. The molecule has 98 valence electrons. The fourth-order valence-corrected chi connectivity index (χ4v) is 2.48. The molecule has 1 heterocycles. The molecule has 3 heteroatoms. The van der Waals surface area contributed by atoms with Crippen molar-refractivity contribution in [1.29, 1.82) is 0 Å². The predicted molar refractivity (Wildman–Crippen MR) is 71.8 cm³/mol. The van der Waals surface area contributed by atoms with Crippen LogP contribution in [0, 0.1) is 6.92 Å². The molecule has 0 radical (unpaired) electrons. The van der Waals surface area contributed by atoms with Gasteiger partial charge in [0.05, 0.1) is 0 Å². The van der Waals surface area contributed by atoms with Gasteiger partial charge in [0.15, 0.2) is 0 Å². The van der Waals surface area contributed by atoms with Crippen molar-refractivity contribution >= 4 is 5.91 Å². The van der Waals surface area contributed by atoms with Gasteiger partial charge in [0.2, 0.25) is 0 Å². The van der Waals surface area contributed by atoms with E-state index in [4.69, 9.17) is 0 Å². The first-order valence-electron chi connectivity index (χ1n) is 6.70. The van der Waals surface area contributed by atoms with Crippen LogP contribution in [0.15, 0.2) is 18.2 Å². The number of rotatable bonds is 1. The van der Waals surface area contributed by atoms with Gasteiger partial charge in [-0.25, -0.2) is 0 Å². The monoisotopic (exact) mass is 247 g/mol. The van der Waals surface area contributed by atoms with Crippen LogP contribution >= 0.6 is 0 Å². The molecule has 1 saturated heterocycles.